The molecular weight excluding hydrogens is 368 g/mol. The van der Waals surface area contributed by atoms with Gasteiger partial charge in [-0.15, -0.1) is 11.3 Å². The third-order valence-corrected chi connectivity index (χ3v) is 6.23. The van der Waals surface area contributed by atoms with Gasteiger partial charge in [0.05, 0.1) is 5.39 Å². The molecule has 0 N–H and O–H groups in total. The molecule has 4 rings (SSSR count). The van der Waals surface area contributed by atoms with E-state index in [-0.39, 0.29) is 5.91 Å². The molecule has 1 aromatic carbocycles. The number of piperazine rings is 1. The topological polar surface area (TPSA) is 49.3 Å². The fourth-order valence-electron chi connectivity index (χ4n) is 3.33. The summed E-state index contributed by atoms with van der Waals surface area (Å²) in [6.45, 7) is 7.09. The number of amides is 1. The quantitative estimate of drug-likeness (QED) is 0.669. The third-order valence-electron chi connectivity index (χ3n) is 4.88. The van der Waals surface area contributed by atoms with E-state index in [9.17, 15) is 4.79 Å². The van der Waals surface area contributed by atoms with Crippen molar-refractivity contribution in [1.29, 1.82) is 0 Å². The van der Waals surface area contributed by atoms with Crippen LogP contribution in [0.2, 0.25) is 5.02 Å². The first-order valence-corrected chi connectivity index (χ1v) is 9.74. The number of carbonyl (C=O) groups excluding carboxylic acids is 1. The Kier molecular flexibility index (Phi) is 4.54. The molecule has 1 aliphatic heterocycles. The number of nitrogens with zero attached hydrogens (tertiary/aromatic N) is 4. The Hall–Kier alpha value is -2.18. The lowest BCUT2D eigenvalue weighted by molar-refractivity contribution is 0.0746. The van der Waals surface area contributed by atoms with Gasteiger partial charge >= 0.3 is 0 Å². The molecule has 26 heavy (non-hydrogen) atoms. The maximum Gasteiger partial charge on any atom is 0.254 e. The minimum Gasteiger partial charge on any atom is -0.352 e. The molecule has 0 radical (unpaired) electrons. The van der Waals surface area contributed by atoms with Gasteiger partial charge in [-0.05, 0) is 37.6 Å². The van der Waals surface area contributed by atoms with Crippen LogP contribution in [-0.4, -0.2) is 47.0 Å². The second kappa shape index (κ2) is 6.85. The van der Waals surface area contributed by atoms with Crippen LogP contribution in [0.15, 0.2) is 30.6 Å². The van der Waals surface area contributed by atoms with E-state index >= 15 is 0 Å². The molecule has 3 aromatic rings. The number of hydrogen-bond acceptors (Lipinski definition) is 5. The summed E-state index contributed by atoms with van der Waals surface area (Å²) in [5, 5.41) is 1.73. The van der Waals surface area contributed by atoms with Gasteiger partial charge in [0, 0.05) is 41.6 Å². The summed E-state index contributed by atoms with van der Waals surface area (Å²) in [6, 6.07) is 7.13. The van der Waals surface area contributed by atoms with Crippen LogP contribution in [0.3, 0.4) is 0 Å². The third kappa shape index (κ3) is 3.04. The van der Waals surface area contributed by atoms with E-state index in [4.69, 9.17) is 11.6 Å². The lowest BCUT2D eigenvalue weighted by Gasteiger charge is -2.35. The number of halogens is 1. The maximum atomic E-state index is 12.7. The molecule has 1 aliphatic rings. The van der Waals surface area contributed by atoms with E-state index in [1.165, 1.54) is 10.4 Å². The number of anilines is 1. The van der Waals surface area contributed by atoms with Crippen molar-refractivity contribution in [2.75, 3.05) is 31.1 Å². The van der Waals surface area contributed by atoms with Gasteiger partial charge in [0.25, 0.3) is 5.91 Å². The van der Waals surface area contributed by atoms with Gasteiger partial charge in [-0.3, -0.25) is 4.79 Å². The number of rotatable bonds is 2. The monoisotopic (exact) mass is 386 g/mol. The average molecular weight is 387 g/mol. The lowest BCUT2D eigenvalue weighted by Crippen LogP contribution is -2.49. The highest BCUT2D eigenvalue weighted by atomic mass is 35.5. The highest BCUT2D eigenvalue weighted by Gasteiger charge is 2.25. The Morgan fingerprint density at radius 3 is 2.65 bits per heavy atom. The molecule has 134 valence electrons. The van der Waals surface area contributed by atoms with Crippen LogP contribution in [0.1, 0.15) is 20.8 Å². The lowest BCUT2D eigenvalue weighted by atomic mass is 10.1. The maximum absolute atomic E-state index is 12.7. The zero-order valence-electron chi connectivity index (χ0n) is 14.7. The molecule has 0 atom stereocenters. The molecule has 0 saturated carbocycles. The van der Waals surface area contributed by atoms with Gasteiger partial charge in [-0.1, -0.05) is 17.7 Å². The molecule has 1 amide bonds. The van der Waals surface area contributed by atoms with E-state index in [0.717, 1.165) is 29.1 Å². The van der Waals surface area contributed by atoms with Gasteiger partial charge < -0.3 is 9.80 Å². The summed E-state index contributed by atoms with van der Waals surface area (Å²) in [4.78, 5) is 28.1. The van der Waals surface area contributed by atoms with Gasteiger partial charge in [-0.25, -0.2) is 9.97 Å². The van der Waals surface area contributed by atoms with Crippen molar-refractivity contribution in [3.63, 3.8) is 0 Å². The van der Waals surface area contributed by atoms with Crippen molar-refractivity contribution in [3.8, 4) is 0 Å². The summed E-state index contributed by atoms with van der Waals surface area (Å²) in [5.41, 5.74) is 1.89. The van der Waals surface area contributed by atoms with Crippen LogP contribution in [0.4, 0.5) is 5.82 Å². The number of fused-ring (bicyclic) bond motifs is 1. The van der Waals surface area contributed by atoms with Crippen molar-refractivity contribution in [3.05, 3.63) is 51.6 Å². The van der Waals surface area contributed by atoms with Crippen LogP contribution in [0.25, 0.3) is 10.2 Å². The van der Waals surface area contributed by atoms with Crippen LogP contribution in [0, 0.1) is 13.8 Å². The summed E-state index contributed by atoms with van der Waals surface area (Å²) in [6.07, 6.45) is 1.64. The largest absolute Gasteiger partial charge is 0.352 e. The minimum absolute atomic E-state index is 0.0301. The van der Waals surface area contributed by atoms with Crippen LogP contribution in [-0.2, 0) is 0 Å². The summed E-state index contributed by atoms with van der Waals surface area (Å²) in [7, 11) is 0. The van der Waals surface area contributed by atoms with Gasteiger partial charge in [-0.2, -0.15) is 0 Å². The van der Waals surface area contributed by atoms with Gasteiger partial charge in [0.2, 0.25) is 0 Å². The molecule has 3 heterocycles. The first-order chi connectivity index (χ1) is 12.5. The van der Waals surface area contributed by atoms with E-state index in [1.807, 2.05) is 17.0 Å². The van der Waals surface area contributed by atoms with Crippen molar-refractivity contribution >= 4 is 44.9 Å². The number of hydrogen-bond donors (Lipinski definition) is 0. The predicted molar refractivity (Wildman–Crippen MR) is 106 cm³/mol. The Balaban J connectivity index is 1.53. The molecular formula is C19H19ClN4OS. The number of thiophene rings is 1. The fraction of sp³-hybridized carbons (Fsp3) is 0.316. The second-order valence-electron chi connectivity index (χ2n) is 6.45. The molecule has 5 nitrogen and oxygen atoms in total. The zero-order valence-corrected chi connectivity index (χ0v) is 16.3. The van der Waals surface area contributed by atoms with E-state index < -0.39 is 0 Å². The van der Waals surface area contributed by atoms with Crippen LogP contribution in [0.5, 0.6) is 0 Å². The van der Waals surface area contributed by atoms with Gasteiger partial charge in [0.15, 0.2) is 0 Å². The van der Waals surface area contributed by atoms with E-state index in [1.54, 1.807) is 29.8 Å². The Morgan fingerprint density at radius 2 is 1.92 bits per heavy atom. The smallest absolute Gasteiger partial charge is 0.254 e. The number of benzene rings is 1. The number of aromatic nitrogens is 2. The molecule has 7 heteroatoms. The highest BCUT2D eigenvalue weighted by molar-refractivity contribution is 7.18. The Morgan fingerprint density at radius 1 is 1.15 bits per heavy atom. The second-order valence-corrected chi connectivity index (χ2v) is 8.09. The number of aryl methyl sites for hydroxylation is 2. The standard InChI is InChI=1S/C19H19ClN4OS/c1-12-13(2)26-18-16(12)17(21-11-22-18)23-6-8-24(9-7-23)19(25)14-4-3-5-15(20)10-14/h3-5,10-11H,6-9H2,1-2H3. The van der Waals surface area contributed by atoms with Crippen LogP contribution < -0.4 is 4.90 Å². The molecule has 2 aromatic heterocycles. The van der Waals surface area contributed by atoms with Crippen molar-refractivity contribution < 1.29 is 4.79 Å². The molecule has 0 unspecified atom stereocenters. The highest BCUT2D eigenvalue weighted by Crippen LogP contribution is 2.34. The summed E-state index contributed by atoms with van der Waals surface area (Å²) >= 11 is 7.72. The van der Waals surface area contributed by atoms with Crippen molar-refractivity contribution in [2.45, 2.75) is 13.8 Å². The Labute approximate surface area is 161 Å². The first-order valence-electron chi connectivity index (χ1n) is 8.55. The minimum atomic E-state index is 0.0301. The normalized spacial score (nSPS) is 14.9. The summed E-state index contributed by atoms with van der Waals surface area (Å²) in [5.74, 6) is 1.01. The molecule has 1 saturated heterocycles. The fourth-order valence-corrected chi connectivity index (χ4v) is 4.51. The molecule has 1 fully saturated rings. The summed E-state index contributed by atoms with van der Waals surface area (Å²) < 4.78 is 0. The zero-order chi connectivity index (χ0) is 18.3. The Bertz CT molecular complexity index is 979. The number of carbonyl (C=O) groups is 1. The van der Waals surface area contributed by atoms with E-state index in [2.05, 4.69) is 28.7 Å². The molecule has 0 aliphatic carbocycles. The predicted octanol–water partition coefficient (Wildman–Crippen LogP) is 3.92. The van der Waals surface area contributed by atoms with Crippen LogP contribution >= 0.6 is 22.9 Å². The molecule has 0 spiro atoms. The van der Waals surface area contributed by atoms with Crippen molar-refractivity contribution in [1.82, 2.24) is 14.9 Å². The van der Waals surface area contributed by atoms with Crippen molar-refractivity contribution in [2.24, 2.45) is 0 Å². The van der Waals surface area contributed by atoms with Gasteiger partial charge in [0.1, 0.15) is 17.0 Å². The molecule has 0 bridgehead atoms. The van der Waals surface area contributed by atoms with E-state index in [0.29, 0.717) is 23.7 Å². The SMILES string of the molecule is Cc1sc2ncnc(N3CCN(C(=O)c4cccc(Cl)c4)CC3)c2c1C. The first kappa shape index (κ1) is 17.2. The average Bonchev–Trinajstić information content (AvgIpc) is 2.95.